The average Bonchev–Trinajstić information content (AvgIpc) is 3.29. The molecule has 0 N–H and O–H groups in total. The molecule has 0 bridgehead atoms. The molecule has 198 valence electrons. The fourth-order valence-corrected chi connectivity index (χ4v) is 6.02. The number of halogens is 2. The summed E-state index contributed by atoms with van der Waals surface area (Å²) in [5, 5.41) is 2.06. The number of amides is 1. The van der Waals surface area contributed by atoms with E-state index in [0.29, 0.717) is 51.1 Å². The summed E-state index contributed by atoms with van der Waals surface area (Å²) in [7, 11) is 0. The summed E-state index contributed by atoms with van der Waals surface area (Å²) in [6.45, 7) is 8.20. The second-order valence-corrected chi connectivity index (χ2v) is 10.0. The second-order valence-electron chi connectivity index (χ2n) is 9.59. The van der Waals surface area contributed by atoms with Crippen molar-refractivity contribution in [2.45, 2.75) is 18.5 Å². The number of hydrogen-bond donors (Lipinski definition) is 0. The monoisotopic (exact) mass is 552 g/mol. The highest BCUT2D eigenvalue weighted by Gasteiger charge is 2.49. The molecule has 40 heavy (non-hydrogen) atoms. The molecule has 0 radical (unpaired) electrons. The topological polar surface area (TPSA) is 75.6 Å². The Morgan fingerprint density at radius 1 is 1.18 bits per heavy atom. The highest BCUT2D eigenvalue weighted by molar-refractivity contribution is 6.34. The molecule has 1 amide bonds. The molecule has 0 aliphatic carbocycles. The van der Waals surface area contributed by atoms with Crippen molar-refractivity contribution >= 4 is 50.8 Å². The number of terminal acetylenes is 1. The van der Waals surface area contributed by atoms with Gasteiger partial charge in [0.25, 0.3) is 0 Å². The number of fused-ring (bicyclic) bond motifs is 3. The normalized spacial score (nSPS) is 17.7. The number of anilines is 1. The fraction of sp³-hybridized carbons (Fsp3) is 0.161. The molecule has 6 rings (SSSR count). The van der Waals surface area contributed by atoms with Gasteiger partial charge >= 0.3 is 5.97 Å². The molecule has 9 heteroatoms. The van der Waals surface area contributed by atoms with Gasteiger partial charge in [0.2, 0.25) is 5.91 Å². The summed E-state index contributed by atoms with van der Waals surface area (Å²) in [4.78, 5) is 36.9. The van der Waals surface area contributed by atoms with E-state index in [1.54, 1.807) is 30.5 Å². The highest BCUT2D eigenvalue weighted by Crippen LogP contribution is 2.44. The second kappa shape index (κ2) is 9.78. The number of aromatic nitrogens is 2. The van der Waals surface area contributed by atoms with Crippen LogP contribution in [0.5, 0.6) is 5.75 Å². The van der Waals surface area contributed by atoms with E-state index in [1.165, 1.54) is 18.3 Å². The van der Waals surface area contributed by atoms with E-state index in [9.17, 15) is 9.59 Å². The predicted octanol–water partition coefficient (Wildman–Crippen LogP) is 5.29. The highest BCUT2D eigenvalue weighted by atomic mass is 35.5. The third kappa shape index (κ3) is 3.90. The van der Waals surface area contributed by atoms with Crippen LogP contribution in [-0.4, -0.2) is 51.9 Å². The molecular formula is C31H22ClFN4O3. The zero-order valence-electron chi connectivity index (χ0n) is 21.2. The van der Waals surface area contributed by atoms with Gasteiger partial charge in [0.15, 0.2) is 5.82 Å². The lowest BCUT2D eigenvalue weighted by atomic mass is 9.94. The zero-order valence-corrected chi connectivity index (χ0v) is 22.0. The molecule has 2 aliphatic heterocycles. The number of carbonyl (C=O) groups excluding carboxylic acids is 2. The van der Waals surface area contributed by atoms with E-state index in [4.69, 9.17) is 22.8 Å². The summed E-state index contributed by atoms with van der Waals surface area (Å²) in [5.41, 5.74) is 1.61. The molecule has 2 aromatic heterocycles. The van der Waals surface area contributed by atoms with E-state index in [0.717, 1.165) is 12.5 Å². The third-order valence-corrected chi connectivity index (χ3v) is 7.84. The molecule has 2 saturated heterocycles. The van der Waals surface area contributed by atoms with E-state index in [-0.39, 0.29) is 35.0 Å². The van der Waals surface area contributed by atoms with Gasteiger partial charge in [-0.25, -0.2) is 9.18 Å². The van der Waals surface area contributed by atoms with Crippen LogP contribution in [0.1, 0.15) is 12.0 Å². The lowest BCUT2D eigenvalue weighted by molar-refractivity contribution is -0.129. The molecule has 2 aromatic carbocycles. The van der Waals surface area contributed by atoms with Gasteiger partial charge in [-0.2, -0.15) is 0 Å². The molecular weight excluding hydrogens is 531 g/mol. The Bertz CT molecular complexity index is 1810. The van der Waals surface area contributed by atoms with Crippen molar-refractivity contribution in [2.24, 2.45) is 0 Å². The number of benzene rings is 2. The van der Waals surface area contributed by atoms with Crippen LogP contribution in [0.2, 0.25) is 5.02 Å². The van der Waals surface area contributed by atoms with Crippen molar-refractivity contribution in [3.8, 4) is 29.4 Å². The Morgan fingerprint density at radius 3 is 2.75 bits per heavy atom. The van der Waals surface area contributed by atoms with E-state index < -0.39 is 11.8 Å². The van der Waals surface area contributed by atoms with Gasteiger partial charge in [-0.1, -0.05) is 42.8 Å². The van der Waals surface area contributed by atoms with Gasteiger partial charge in [-0.05, 0) is 36.1 Å². The maximum Gasteiger partial charge on any atom is 0.335 e. The van der Waals surface area contributed by atoms with Gasteiger partial charge in [0.1, 0.15) is 17.0 Å². The molecule has 4 aromatic rings. The summed E-state index contributed by atoms with van der Waals surface area (Å²) in [5.74, 6) is 1.42. The lowest BCUT2D eigenvalue weighted by Gasteiger charge is -2.48. The molecule has 0 unspecified atom stereocenters. The summed E-state index contributed by atoms with van der Waals surface area (Å²) < 4.78 is 21.7. The van der Waals surface area contributed by atoms with Crippen LogP contribution >= 0.6 is 11.6 Å². The van der Waals surface area contributed by atoms with Crippen molar-refractivity contribution in [1.82, 2.24) is 14.9 Å². The standard InChI is InChI=1S/C31H22ClFN4O3/c1-4-17-8-7-9-18-12-19(40-26(39)6-3)13-20(27(17)18)29-28(33)30-21(14-34-29)31(22(32)15-35-30)37-16-24-23(37)10-11-36(24)25(38)5-2/h1,5-9,12-15,23-24H,2-3,10-11,16H2/t23-,24-/m1/s1. The Balaban J connectivity index is 1.49. The minimum absolute atomic E-state index is 0.00239. The fourth-order valence-electron chi connectivity index (χ4n) is 5.76. The first-order valence-electron chi connectivity index (χ1n) is 12.6. The number of ether oxygens (including phenoxy) is 1. The molecule has 2 aliphatic rings. The van der Waals surface area contributed by atoms with Crippen molar-refractivity contribution in [1.29, 1.82) is 0 Å². The Labute approximate surface area is 234 Å². The van der Waals surface area contributed by atoms with Crippen LogP contribution in [0.4, 0.5) is 10.1 Å². The van der Waals surface area contributed by atoms with E-state index in [2.05, 4.69) is 33.9 Å². The van der Waals surface area contributed by atoms with Crippen LogP contribution in [0.15, 0.2) is 68.0 Å². The number of pyridine rings is 2. The quantitative estimate of drug-likeness (QED) is 0.145. The van der Waals surface area contributed by atoms with Crippen molar-refractivity contribution in [3.63, 3.8) is 0 Å². The predicted molar refractivity (Wildman–Crippen MR) is 153 cm³/mol. The van der Waals surface area contributed by atoms with Crippen LogP contribution in [0.25, 0.3) is 32.9 Å². The molecule has 7 nitrogen and oxygen atoms in total. The first-order chi connectivity index (χ1) is 19.4. The minimum atomic E-state index is -0.664. The molecule has 4 heterocycles. The van der Waals surface area contributed by atoms with Crippen LogP contribution in [-0.2, 0) is 9.59 Å². The SMILES string of the molecule is C#Cc1cccc2cc(OC(=O)C=C)cc(-c3ncc4c(N5C[C@@H]6[C@H]5CCN6C(=O)C=C)c(Cl)cnc4c3F)c12. The molecule has 2 atom stereocenters. The van der Waals surface area contributed by atoms with Gasteiger partial charge < -0.3 is 14.5 Å². The average molecular weight is 553 g/mol. The Kier molecular flexibility index (Phi) is 6.24. The number of rotatable bonds is 5. The largest absolute Gasteiger partial charge is 0.423 e. The molecule has 0 spiro atoms. The number of esters is 1. The number of likely N-dealkylation sites (tertiary alicyclic amines) is 1. The smallest absolute Gasteiger partial charge is 0.335 e. The van der Waals surface area contributed by atoms with Gasteiger partial charge in [-0.15, -0.1) is 6.42 Å². The first-order valence-corrected chi connectivity index (χ1v) is 12.9. The van der Waals surface area contributed by atoms with Gasteiger partial charge in [0, 0.05) is 53.5 Å². The number of nitrogens with zero attached hydrogens (tertiary/aromatic N) is 4. The minimum Gasteiger partial charge on any atom is -0.423 e. The lowest BCUT2D eigenvalue weighted by Crippen LogP contribution is -2.62. The van der Waals surface area contributed by atoms with Crippen molar-refractivity contribution in [2.75, 3.05) is 18.0 Å². The number of carbonyl (C=O) groups is 2. The summed E-state index contributed by atoms with van der Waals surface area (Å²) in [6.07, 6.45) is 11.9. The van der Waals surface area contributed by atoms with Gasteiger partial charge in [-0.3, -0.25) is 14.8 Å². The Hall–Kier alpha value is -4.74. The first kappa shape index (κ1) is 25.5. The molecule has 0 saturated carbocycles. The maximum absolute atomic E-state index is 16.3. The van der Waals surface area contributed by atoms with Crippen LogP contribution < -0.4 is 9.64 Å². The van der Waals surface area contributed by atoms with Crippen LogP contribution in [0.3, 0.4) is 0 Å². The van der Waals surface area contributed by atoms with Crippen molar-refractivity contribution < 1.29 is 18.7 Å². The zero-order chi connectivity index (χ0) is 28.1. The molecule has 2 fully saturated rings. The third-order valence-electron chi connectivity index (χ3n) is 7.57. The van der Waals surface area contributed by atoms with Gasteiger partial charge in [0.05, 0.1) is 22.8 Å². The Morgan fingerprint density at radius 2 is 2.00 bits per heavy atom. The summed E-state index contributed by atoms with van der Waals surface area (Å²) in [6, 6.07) is 8.58. The van der Waals surface area contributed by atoms with Crippen molar-refractivity contribution in [3.05, 3.63) is 84.4 Å². The van der Waals surface area contributed by atoms with E-state index in [1.807, 2.05) is 4.90 Å². The van der Waals surface area contributed by atoms with E-state index >= 15 is 4.39 Å². The summed E-state index contributed by atoms with van der Waals surface area (Å²) >= 11 is 6.61. The maximum atomic E-state index is 16.3. The number of hydrogen-bond acceptors (Lipinski definition) is 6. The van der Waals surface area contributed by atoms with Crippen LogP contribution in [0, 0.1) is 18.2 Å².